The van der Waals surface area contributed by atoms with Gasteiger partial charge in [-0.3, -0.25) is 0 Å². The highest BCUT2D eigenvalue weighted by atomic mass is 15.2. The third-order valence-corrected chi connectivity index (χ3v) is 4.36. The highest BCUT2D eigenvalue weighted by Crippen LogP contribution is 2.28. The summed E-state index contributed by atoms with van der Waals surface area (Å²) in [7, 11) is 0. The lowest BCUT2D eigenvalue weighted by Gasteiger charge is -2.34. The van der Waals surface area contributed by atoms with Gasteiger partial charge in [-0.05, 0) is 45.1 Å². The predicted molar refractivity (Wildman–Crippen MR) is 81.9 cm³/mol. The molecular weight excluding hydrogens is 264 g/mol. The summed E-state index contributed by atoms with van der Waals surface area (Å²) in [5.74, 6) is 1.98. The van der Waals surface area contributed by atoms with Crippen molar-refractivity contribution in [2.75, 3.05) is 30.3 Å². The van der Waals surface area contributed by atoms with E-state index in [1.54, 1.807) is 0 Å². The molecule has 1 aliphatic carbocycles. The van der Waals surface area contributed by atoms with Crippen LogP contribution in [0.1, 0.15) is 37.1 Å². The lowest BCUT2D eigenvalue weighted by atomic mass is 10.0. The summed E-state index contributed by atoms with van der Waals surface area (Å²) in [6.45, 7) is 4.99. The van der Waals surface area contributed by atoms with Gasteiger partial charge in [0.25, 0.3) is 0 Å². The van der Waals surface area contributed by atoms with Gasteiger partial charge in [0.2, 0.25) is 0 Å². The molecule has 112 valence electrons. The molecular formula is C15H22N6. The van der Waals surface area contributed by atoms with Crippen LogP contribution in [0.4, 0.5) is 11.6 Å². The Balaban J connectivity index is 1.61. The van der Waals surface area contributed by atoms with E-state index in [0.29, 0.717) is 6.04 Å². The second kappa shape index (κ2) is 5.86. The van der Waals surface area contributed by atoms with Crippen LogP contribution >= 0.6 is 0 Å². The van der Waals surface area contributed by atoms with E-state index in [4.69, 9.17) is 11.0 Å². The topological polar surface area (TPSA) is 90.9 Å². The minimum atomic E-state index is 0.220. The van der Waals surface area contributed by atoms with Crippen molar-refractivity contribution >= 4 is 11.6 Å². The molecule has 0 spiro atoms. The number of anilines is 2. The van der Waals surface area contributed by atoms with Crippen molar-refractivity contribution in [3.8, 4) is 6.07 Å². The van der Waals surface area contributed by atoms with Crippen molar-refractivity contribution in [1.82, 2.24) is 15.3 Å². The van der Waals surface area contributed by atoms with E-state index in [1.807, 2.05) is 13.0 Å². The fourth-order valence-corrected chi connectivity index (χ4v) is 2.86. The van der Waals surface area contributed by atoms with Crippen LogP contribution in [0.15, 0.2) is 0 Å². The summed E-state index contributed by atoms with van der Waals surface area (Å²) < 4.78 is 0. The number of nitriles is 1. The van der Waals surface area contributed by atoms with Gasteiger partial charge in [0.15, 0.2) is 17.3 Å². The fraction of sp³-hybridized carbons (Fsp3) is 0.667. The average Bonchev–Trinajstić information content (AvgIpc) is 3.32. The maximum atomic E-state index is 8.93. The number of nitrogens with zero attached hydrogens (tertiary/aromatic N) is 4. The normalized spacial score (nSPS) is 19.5. The Morgan fingerprint density at radius 3 is 2.62 bits per heavy atom. The largest absolute Gasteiger partial charge is 0.381 e. The van der Waals surface area contributed by atoms with Crippen molar-refractivity contribution < 1.29 is 0 Å². The summed E-state index contributed by atoms with van der Waals surface area (Å²) in [5, 5.41) is 12.6. The summed E-state index contributed by atoms with van der Waals surface area (Å²) in [4.78, 5) is 10.9. The summed E-state index contributed by atoms with van der Waals surface area (Å²) in [6.07, 6.45) is 5.03. The van der Waals surface area contributed by atoms with Crippen LogP contribution < -0.4 is 16.0 Å². The van der Waals surface area contributed by atoms with Gasteiger partial charge in [-0.1, -0.05) is 0 Å². The number of piperidine rings is 1. The number of aryl methyl sites for hydroxylation is 1. The minimum absolute atomic E-state index is 0.220. The second-order valence-corrected chi connectivity index (χ2v) is 6.09. The first-order valence-corrected chi connectivity index (χ1v) is 7.70. The number of hydrogen-bond donors (Lipinski definition) is 2. The van der Waals surface area contributed by atoms with Crippen molar-refractivity contribution in [1.29, 1.82) is 5.26 Å². The number of aromatic nitrogens is 2. The Hall–Kier alpha value is -1.87. The number of rotatable bonds is 4. The molecule has 1 saturated heterocycles. The summed E-state index contributed by atoms with van der Waals surface area (Å²) in [6, 6.07) is 2.60. The molecule has 2 heterocycles. The number of nitrogens with two attached hydrogens (primary N) is 1. The highest BCUT2D eigenvalue weighted by molar-refractivity contribution is 5.53. The van der Waals surface area contributed by atoms with Crippen LogP contribution in [0.5, 0.6) is 0 Å². The van der Waals surface area contributed by atoms with E-state index in [9.17, 15) is 0 Å². The first kappa shape index (κ1) is 14.1. The van der Waals surface area contributed by atoms with Gasteiger partial charge in [0, 0.05) is 19.1 Å². The van der Waals surface area contributed by atoms with E-state index < -0.39 is 0 Å². The van der Waals surface area contributed by atoms with Gasteiger partial charge in [-0.15, -0.1) is 0 Å². The zero-order chi connectivity index (χ0) is 14.8. The molecule has 0 amide bonds. The predicted octanol–water partition coefficient (Wildman–Crippen LogP) is 1.21. The fourth-order valence-electron chi connectivity index (χ4n) is 2.86. The molecule has 0 unspecified atom stereocenters. The van der Waals surface area contributed by atoms with E-state index in [1.165, 1.54) is 19.4 Å². The molecule has 21 heavy (non-hydrogen) atoms. The van der Waals surface area contributed by atoms with Gasteiger partial charge in [-0.2, -0.15) is 5.26 Å². The van der Waals surface area contributed by atoms with E-state index >= 15 is 0 Å². The maximum absolute atomic E-state index is 8.93. The van der Waals surface area contributed by atoms with Crippen molar-refractivity contribution in [2.24, 2.45) is 5.92 Å². The Kier molecular flexibility index (Phi) is 3.93. The lowest BCUT2D eigenvalue weighted by Crippen LogP contribution is -2.43. The third kappa shape index (κ3) is 3.24. The Morgan fingerprint density at radius 2 is 2.00 bits per heavy atom. The molecule has 0 aromatic carbocycles. The maximum Gasteiger partial charge on any atom is 0.183 e. The van der Waals surface area contributed by atoms with E-state index in [0.717, 1.165) is 43.4 Å². The molecule has 0 radical (unpaired) electrons. The van der Waals surface area contributed by atoms with Crippen LogP contribution in [0.2, 0.25) is 0 Å². The smallest absolute Gasteiger partial charge is 0.183 e. The molecule has 0 bridgehead atoms. The van der Waals surface area contributed by atoms with Crippen LogP contribution in [0.25, 0.3) is 0 Å². The molecule has 1 aromatic rings. The zero-order valence-electron chi connectivity index (χ0n) is 12.5. The summed E-state index contributed by atoms with van der Waals surface area (Å²) >= 11 is 0. The number of nitrogens with one attached hydrogen (secondary N) is 1. The Morgan fingerprint density at radius 1 is 1.29 bits per heavy atom. The van der Waals surface area contributed by atoms with E-state index in [-0.39, 0.29) is 11.5 Å². The van der Waals surface area contributed by atoms with Crippen molar-refractivity contribution in [3.63, 3.8) is 0 Å². The van der Waals surface area contributed by atoms with Gasteiger partial charge in [0.1, 0.15) is 6.07 Å². The SMILES string of the molecule is Cc1nc(C#N)c(N)nc1N1CCC(NCC2CC2)CC1. The van der Waals surface area contributed by atoms with Crippen LogP contribution in [-0.4, -0.2) is 35.6 Å². The highest BCUT2D eigenvalue weighted by Gasteiger charge is 2.25. The first-order chi connectivity index (χ1) is 10.2. The van der Waals surface area contributed by atoms with Gasteiger partial charge in [-0.25, -0.2) is 9.97 Å². The van der Waals surface area contributed by atoms with Gasteiger partial charge < -0.3 is 16.0 Å². The molecule has 1 aromatic heterocycles. The molecule has 6 heteroatoms. The Bertz CT molecular complexity index is 552. The molecule has 2 fully saturated rings. The third-order valence-electron chi connectivity index (χ3n) is 4.36. The van der Waals surface area contributed by atoms with E-state index in [2.05, 4.69) is 20.2 Å². The molecule has 3 N–H and O–H groups in total. The van der Waals surface area contributed by atoms with Gasteiger partial charge >= 0.3 is 0 Å². The standard InChI is InChI=1S/C15H22N6/c1-10-15(20-14(17)13(8-16)19-10)21-6-4-12(5-7-21)18-9-11-2-3-11/h11-12,18H,2-7,9H2,1H3,(H2,17,20). The molecule has 1 saturated carbocycles. The second-order valence-electron chi connectivity index (χ2n) is 6.09. The van der Waals surface area contributed by atoms with Crippen LogP contribution in [-0.2, 0) is 0 Å². The quantitative estimate of drug-likeness (QED) is 0.864. The molecule has 6 nitrogen and oxygen atoms in total. The average molecular weight is 286 g/mol. The molecule has 3 rings (SSSR count). The molecule has 1 aliphatic heterocycles. The number of nitrogen functional groups attached to an aromatic ring is 1. The van der Waals surface area contributed by atoms with Crippen LogP contribution in [0, 0.1) is 24.2 Å². The molecule has 0 atom stereocenters. The number of hydrogen-bond acceptors (Lipinski definition) is 6. The molecule has 2 aliphatic rings. The van der Waals surface area contributed by atoms with Crippen molar-refractivity contribution in [3.05, 3.63) is 11.4 Å². The minimum Gasteiger partial charge on any atom is -0.381 e. The zero-order valence-corrected chi connectivity index (χ0v) is 12.5. The lowest BCUT2D eigenvalue weighted by molar-refractivity contribution is 0.407. The van der Waals surface area contributed by atoms with Gasteiger partial charge in [0.05, 0.1) is 5.69 Å². The van der Waals surface area contributed by atoms with Crippen molar-refractivity contribution in [2.45, 2.75) is 38.6 Å². The summed E-state index contributed by atoms with van der Waals surface area (Å²) in [5.41, 5.74) is 6.79. The first-order valence-electron chi connectivity index (χ1n) is 7.70. The monoisotopic (exact) mass is 286 g/mol. The van der Waals surface area contributed by atoms with Crippen LogP contribution in [0.3, 0.4) is 0 Å². The Labute approximate surface area is 125 Å².